The Bertz CT molecular complexity index is 1270. The molecule has 2 aromatic carbocycles. The molecular formula is C27H32FN3O4S. The highest BCUT2D eigenvalue weighted by molar-refractivity contribution is 7.90. The average Bonchev–Trinajstić information content (AvgIpc) is 3.51. The van der Waals surface area contributed by atoms with Crippen LogP contribution in [0.3, 0.4) is 0 Å². The van der Waals surface area contributed by atoms with Gasteiger partial charge < -0.3 is 14.2 Å². The minimum Gasteiger partial charge on any atom is -0.376 e. The second-order valence-corrected chi connectivity index (χ2v) is 11.4. The van der Waals surface area contributed by atoms with Crippen molar-refractivity contribution in [2.75, 3.05) is 13.2 Å². The van der Waals surface area contributed by atoms with Crippen LogP contribution in [0.1, 0.15) is 43.5 Å². The summed E-state index contributed by atoms with van der Waals surface area (Å²) in [6.45, 7) is 5.35. The molecule has 0 radical (unpaired) electrons. The summed E-state index contributed by atoms with van der Waals surface area (Å²) in [7, 11) is -3.85. The molecule has 36 heavy (non-hydrogen) atoms. The summed E-state index contributed by atoms with van der Waals surface area (Å²) in [5.41, 5.74) is 2.02. The first kappa shape index (κ1) is 26.0. The Morgan fingerprint density at radius 1 is 1.14 bits per heavy atom. The van der Waals surface area contributed by atoms with Crippen LogP contribution < -0.4 is 0 Å². The van der Waals surface area contributed by atoms with Crippen LogP contribution >= 0.6 is 0 Å². The zero-order valence-electron chi connectivity index (χ0n) is 20.6. The molecule has 1 fully saturated rings. The largest absolute Gasteiger partial charge is 0.376 e. The monoisotopic (exact) mass is 513 g/mol. The number of sulfone groups is 1. The molecule has 7 nitrogen and oxygen atoms in total. The third kappa shape index (κ3) is 6.39. The van der Waals surface area contributed by atoms with Crippen LogP contribution in [0, 0.1) is 11.7 Å². The van der Waals surface area contributed by atoms with Crippen molar-refractivity contribution in [3.63, 3.8) is 0 Å². The van der Waals surface area contributed by atoms with Crippen molar-refractivity contribution in [2.45, 2.75) is 56.8 Å². The van der Waals surface area contributed by atoms with Gasteiger partial charge in [0, 0.05) is 19.1 Å². The van der Waals surface area contributed by atoms with Gasteiger partial charge in [0.25, 0.3) is 0 Å². The maximum Gasteiger partial charge on any atom is 0.228 e. The average molecular weight is 514 g/mol. The van der Waals surface area contributed by atoms with Crippen LogP contribution in [0.15, 0.2) is 66.0 Å². The van der Waals surface area contributed by atoms with Crippen molar-refractivity contribution in [3.8, 4) is 0 Å². The number of hydrogen-bond donors (Lipinski definition) is 0. The van der Waals surface area contributed by atoms with Gasteiger partial charge in [-0.25, -0.2) is 17.8 Å². The first-order chi connectivity index (χ1) is 17.2. The Balaban J connectivity index is 1.68. The topological polar surface area (TPSA) is 81.5 Å². The van der Waals surface area contributed by atoms with Gasteiger partial charge in [-0.2, -0.15) is 0 Å². The number of hydrogen-bond acceptors (Lipinski definition) is 5. The zero-order valence-corrected chi connectivity index (χ0v) is 21.5. The fraction of sp³-hybridized carbons (Fsp3) is 0.407. The molecule has 0 aliphatic carbocycles. The van der Waals surface area contributed by atoms with Crippen molar-refractivity contribution < 1.29 is 22.3 Å². The molecule has 0 spiro atoms. The molecule has 1 aromatic heterocycles. The number of nitrogens with zero attached hydrogens (tertiary/aromatic N) is 3. The van der Waals surface area contributed by atoms with Gasteiger partial charge in [-0.3, -0.25) is 4.79 Å². The van der Waals surface area contributed by atoms with Crippen molar-refractivity contribution in [1.29, 1.82) is 0 Å². The molecule has 1 unspecified atom stereocenters. The van der Waals surface area contributed by atoms with Gasteiger partial charge >= 0.3 is 0 Å². The summed E-state index contributed by atoms with van der Waals surface area (Å²) >= 11 is 0. The van der Waals surface area contributed by atoms with Crippen molar-refractivity contribution in [3.05, 3.63) is 83.4 Å². The summed E-state index contributed by atoms with van der Waals surface area (Å²) in [6, 6.07) is 14.9. The van der Waals surface area contributed by atoms with E-state index in [9.17, 15) is 17.6 Å². The van der Waals surface area contributed by atoms with E-state index in [0.717, 1.165) is 18.4 Å². The van der Waals surface area contributed by atoms with E-state index in [2.05, 4.69) is 4.98 Å². The normalized spacial score (nSPS) is 15.9. The number of carbonyl (C=O) groups is 1. The molecule has 1 amide bonds. The smallest absolute Gasteiger partial charge is 0.228 e. The van der Waals surface area contributed by atoms with E-state index in [1.807, 2.05) is 44.2 Å². The van der Waals surface area contributed by atoms with Gasteiger partial charge in [-0.15, -0.1) is 0 Å². The van der Waals surface area contributed by atoms with E-state index in [1.54, 1.807) is 9.47 Å². The number of carbonyl (C=O) groups excluding carboxylic acids is 1. The number of benzene rings is 2. The minimum atomic E-state index is -3.85. The Morgan fingerprint density at radius 2 is 1.86 bits per heavy atom. The molecule has 1 aliphatic heterocycles. The summed E-state index contributed by atoms with van der Waals surface area (Å²) in [4.78, 5) is 19.1. The van der Waals surface area contributed by atoms with Crippen LogP contribution in [0.5, 0.6) is 0 Å². The molecule has 2 heterocycles. The fourth-order valence-corrected chi connectivity index (χ4v) is 5.88. The Labute approximate surface area is 211 Å². The summed E-state index contributed by atoms with van der Waals surface area (Å²) in [5.74, 6) is -0.958. The molecule has 0 N–H and O–H groups in total. The van der Waals surface area contributed by atoms with E-state index in [0.29, 0.717) is 24.4 Å². The molecule has 0 bridgehead atoms. The maximum absolute atomic E-state index is 13.4. The van der Waals surface area contributed by atoms with Crippen LogP contribution in [0.25, 0.3) is 0 Å². The van der Waals surface area contributed by atoms with Crippen LogP contribution in [-0.4, -0.2) is 48.0 Å². The van der Waals surface area contributed by atoms with Gasteiger partial charge in [0.2, 0.25) is 20.9 Å². The quantitative estimate of drug-likeness (QED) is 0.406. The van der Waals surface area contributed by atoms with Crippen molar-refractivity contribution in [1.82, 2.24) is 14.5 Å². The maximum atomic E-state index is 13.4. The first-order valence-corrected chi connectivity index (χ1v) is 13.8. The highest BCUT2D eigenvalue weighted by Gasteiger charge is 2.28. The van der Waals surface area contributed by atoms with Gasteiger partial charge in [-0.1, -0.05) is 56.3 Å². The van der Waals surface area contributed by atoms with Gasteiger partial charge in [0.05, 0.1) is 36.8 Å². The fourth-order valence-electron chi connectivity index (χ4n) is 4.39. The van der Waals surface area contributed by atoms with Gasteiger partial charge in [0.1, 0.15) is 5.82 Å². The molecule has 1 atom stereocenters. The number of ether oxygens (including phenoxy) is 1. The molecule has 1 aliphatic rings. The molecule has 9 heteroatoms. The lowest BCUT2D eigenvalue weighted by molar-refractivity contribution is -0.136. The van der Waals surface area contributed by atoms with E-state index in [-0.39, 0.29) is 41.9 Å². The van der Waals surface area contributed by atoms with E-state index >= 15 is 0 Å². The molecule has 1 saturated heterocycles. The van der Waals surface area contributed by atoms with Gasteiger partial charge in [-0.05, 0) is 36.1 Å². The summed E-state index contributed by atoms with van der Waals surface area (Å²) in [6.07, 6.45) is 3.37. The van der Waals surface area contributed by atoms with E-state index < -0.39 is 15.7 Å². The predicted molar refractivity (Wildman–Crippen MR) is 134 cm³/mol. The number of rotatable bonds is 10. The lowest BCUT2D eigenvalue weighted by Gasteiger charge is -2.27. The number of imidazole rings is 1. The number of halogens is 1. The minimum absolute atomic E-state index is 0.0197. The molecule has 192 valence electrons. The first-order valence-electron chi connectivity index (χ1n) is 12.2. The Kier molecular flexibility index (Phi) is 8.21. The third-order valence-electron chi connectivity index (χ3n) is 6.24. The second-order valence-electron chi connectivity index (χ2n) is 9.50. The Hall–Kier alpha value is -3.04. The lowest BCUT2D eigenvalue weighted by Crippen LogP contribution is -2.39. The van der Waals surface area contributed by atoms with Crippen LogP contribution in [0.2, 0.25) is 0 Å². The predicted octanol–water partition coefficient (Wildman–Crippen LogP) is 4.21. The number of aromatic nitrogens is 2. The van der Waals surface area contributed by atoms with Crippen molar-refractivity contribution >= 4 is 15.7 Å². The molecule has 3 aromatic rings. The summed E-state index contributed by atoms with van der Waals surface area (Å²) in [5, 5.41) is -0.0697. The molecule has 0 saturated carbocycles. The van der Waals surface area contributed by atoms with Gasteiger partial charge in [0.15, 0.2) is 0 Å². The highest BCUT2D eigenvalue weighted by Crippen LogP contribution is 2.22. The molecule has 4 rings (SSSR count). The number of amides is 1. The standard InChI is InChI=1S/C27H32FN3O4S/c1-20(2)26(32)30(18-25-9-6-14-35-25)17-24-15-29-27(31(24)16-21-7-4-3-5-8-21)36(33,34)19-22-10-12-23(28)13-11-22/h3-5,7-8,10-13,15,20,25H,6,9,14,16-19H2,1-2H3. The zero-order chi connectivity index (χ0) is 25.7. The van der Waals surface area contributed by atoms with E-state index in [1.165, 1.54) is 30.5 Å². The van der Waals surface area contributed by atoms with E-state index in [4.69, 9.17) is 4.74 Å². The lowest BCUT2D eigenvalue weighted by atomic mass is 10.1. The Morgan fingerprint density at radius 3 is 2.50 bits per heavy atom. The third-order valence-corrected chi connectivity index (χ3v) is 7.84. The molecular weight excluding hydrogens is 481 g/mol. The van der Waals surface area contributed by atoms with Crippen LogP contribution in [-0.2, 0) is 38.2 Å². The van der Waals surface area contributed by atoms with Crippen molar-refractivity contribution in [2.24, 2.45) is 5.92 Å². The highest BCUT2D eigenvalue weighted by atomic mass is 32.2. The summed E-state index contributed by atoms with van der Waals surface area (Å²) < 4.78 is 47.7. The van der Waals surface area contributed by atoms with Crippen LogP contribution in [0.4, 0.5) is 4.39 Å². The SMILES string of the molecule is CC(C)C(=O)N(Cc1cnc(S(=O)(=O)Cc2ccc(F)cc2)n1Cc1ccccc1)CC1CCCO1. The second kappa shape index (κ2) is 11.3.